The average molecular weight is 401 g/mol. The molecule has 28 heavy (non-hydrogen) atoms. The van der Waals surface area contributed by atoms with Crippen molar-refractivity contribution in [2.45, 2.75) is 96.8 Å². The van der Waals surface area contributed by atoms with Gasteiger partial charge >= 0.3 is 5.97 Å². The van der Waals surface area contributed by atoms with E-state index in [9.17, 15) is 20.1 Å². The molecule has 0 fully saturated rings. The van der Waals surface area contributed by atoms with E-state index in [1.54, 1.807) is 6.08 Å². The highest BCUT2D eigenvalue weighted by atomic mass is 16.5. The number of aliphatic hydroxyl groups excluding tert-OH is 3. The van der Waals surface area contributed by atoms with Crippen LogP contribution < -0.4 is 0 Å². The van der Waals surface area contributed by atoms with Gasteiger partial charge in [0, 0.05) is 6.08 Å². The number of carbonyl (C=O) groups is 1. The number of unbranched alkanes of at least 4 members (excludes halogenated alkanes) is 13. The van der Waals surface area contributed by atoms with Crippen LogP contribution in [0.3, 0.4) is 0 Å². The molecule has 0 unspecified atom stereocenters. The van der Waals surface area contributed by atoms with Crippen molar-refractivity contribution in [1.82, 2.24) is 0 Å². The van der Waals surface area contributed by atoms with Gasteiger partial charge < -0.3 is 20.1 Å². The summed E-state index contributed by atoms with van der Waals surface area (Å²) in [5, 5.41) is 27.5. The van der Waals surface area contributed by atoms with Crippen molar-refractivity contribution >= 4 is 5.97 Å². The molecule has 0 rings (SSSR count). The summed E-state index contributed by atoms with van der Waals surface area (Å²) in [5.41, 5.74) is -1.17. The molecule has 0 aromatic heterocycles. The van der Waals surface area contributed by atoms with E-state index in [2.05, 4.69) is 6.92 Å². The zero-order valence-corrected chi connectivity index (χ0v) is 18.0. The molecule has 0 aromatic carbocycles. The number of carbonyl (C=O) groups excluding carboxylic acids is 1. The molecule has 5 nitrogen and oxygen atoms in total. The minimum absolute atomic E-state index is 0.196. The third-order valence-corrected chi connectivity index (χ3v) is 5.26. The number of hydrogen-bond acceptors (Lipinski definition) is 5. The minimum atomic E-state index is -1.17. The summed E-state index contributed by atoms with van der Waals surface area (Å²) >= 11 is 0. The monoisotopic (exact) mass is 400 g/mol. The Morgan fingerprint density at radius 1 is 0.750 bits per heavy atom. The molecule has 0 saturated heterocycles. The Kier molecular flexibility index (Phi) is 18.8. The molecule has 166 valence electrons. The van der Waals surface area contributed by atoms with Crippen LogP contribution in [0.15, 0.2) is 12.2 Å². The minimum Gasteiger partial charge on any atom is -0.462 e. The van der Waals surface area contributed by atoms with E-state index in [4.69, 9.17) is 4.74 Å². The van der Waals surface area contributed by atoms with Crippen LogP contribution in [-0.4, -0.2) is 47.7 Å². The van der Waals surface area contributed by atoms with E-state index in [1.165, 1.54) is 83.1 Å². The largest absolute Gasteiger partial charge is 0.462 e. The first-order valence-corrected chi connectivity index (χ1v) is 11.3. The van der Waals surface area contributed by atoms with Crippen LogP contribution in [0.4, 0.5) is 0 Å². The maximum atomic E-state index is 11.6. The molecule has 0 aromatic rings. The van der Waals surface area contributed by atoms with Crippen molar-refractivity contribution in [3.63, 3.8) is 0 Å². The van der Waals surface area contributed by atoms with Crippen molar-refractivity contribution in [2.24, 2.45) is 5.41 Å². The molecule has 0 atom stereocenters. The number of esters is 1. The number of rotatable bonds is 20. The highest BCUT2D eigenvalue weighted by Crippen LogP contribution is 2.15. The number of allylic oxidation sites excluding steroid dienone is 1. The summed E-state index contributed by atoms with van der Waals surface area (Å²) in [5.74, 6) is -0.505. The van der Waals surface area contributed by atoms with Crippen molar-refractivity contribution in [2.75, 3.05) is 26.4 Å². The lowest BCUT2D eigenvalue weighted by Gasteiger charge is -2.26. The van der Waals surface area contributed by atoms with Gasteiger partial charge in [-0.3, -0.25) is 0 Å². The Morgan fingerprint density at radius 3 is 1.61 bits per heavy atom. The lowest BCUT2D eigenvalue weighted by Crippen LogP contribution is -2.39. The number of hydrogen-bond donors (Lipinski definition) is 3. The second-order valence-electron chi connectivity index (χ2n) is 8.02. The summed E-state index contributed by atoms with van der Waals surface area (Å²) < 4.78 is 4.99. The predicted molar refractivity (Wildman–Crippen MR) is 114 cm³/mol. The first-order chi connectivity index (χ1) is 13.6. The summed E-state index contributed by atoms with van der Waals surface area (Å²) in [6.07, 6.45) is 21.2. The third-order valence-electron chi connectivity index (χ3n) is 5.26. The van der Waals surface area contributed by atoms with Crippen LogP contribution in [0, 0.1) is 5.41 Å². The van der Waals surface area contributed by atoms with Gasteiger partial charge in [0.1, 0.15) is 6.61 Å². The Hall–Kier alpha value is -0.910. The van der Waals surface area contributed by atoms with Crippen molar-refractivity contribution in [1.29, 1.82) is 0 Å². The van der Waals surface area contributed by atoms with Gasteiger partial charge in [0.15, 0.2) is 0 Å². The molecule has 0 aliphatic heterocycles. The molecule has 0 aliphatic rings. The maximum Gasteiger partial charge on any atom is 0.330 e. The molecule has 5 heteroatoms. The molecule has 0 heterocycles. The molecule has 0 bridgehead atoms. The Labute approximate surface area is 172 Å². The quantitative estimate of drug-likeness (QED) is 0.159. The SMILES string of the molecule is CCCCCCCCCCCCCCC/C=C/C(=O)OCC(CO)(CO)CO. The van der Waals surface area contributed by atoms with Crippen LogP contribution in [0.1, 0.15) is 96.8 Å². The van der Waals surface area contributed by atoms with Crippen LogP contribution in [0.25, 0.3) is 0 Å². The standard InChI is InChI=1S/C23H44O5/c1-2-3-4-5-6-7-8-9-10-11-12-13-14-15-16-17-22(27)28-21-23(18-24,19-25)20-26/h16-17,24-26H,2-15,18-21H2,1H3/b17-16+. The Bertz CT molecular complexity index is 369. The highest BCUT2D eigenvalue weighted by Gasteiger charge is 2.29. The fourth-order valence-electron chi connectivity index (χ4n) is 3.02. The Balaban J connectivity index is 3.47. The lowest BCUT2D eigenvalue weighted by atomic mass is 9.93. The van der Waals surface area contributed by atoms with Gasteiger partial charge in [-0.05, 0) is 12.8 Å². The van der Waals surface area contributed by atoms with Gasteiger partial charge in [-0.1, -0.05) is 90.0 Å². The lowest BCUT2D eigenvalue weighted by molar-refractivity contribution is -0.145. The first-order valence-electron chi connectivity index (χ1n) is 11.3. The maximum absolute atomic E-state index is 11.6. The summed E-state index contributed by atoms with van der Waals surface area (Å²) in [7, 11) is 0. The van der Waals surface area contributed by atoms with Gasteiger partial charge in [-0.15, -0.1) is 0 Å². The normalized spacial score (nSPS) is 12.0. The van der Waals surface area contributed by atoms with Gasteiger partial charge in [-0.25, -0.2) is 4.79 Å². The number of ether oxygens (including phenoxy) is 1. The molecule has 0 amide bonds. The number of aliphatic hydroxyl groups is 3. The van der Waals surface area contributed by atoms with E-state index in [0.717, 1.165) is 12.8 Å². The van der Waals surface area contributed by atoms with E-state index >= 15 is 0 Å². The molecule has 0 radical (unpaired) electrons. The van der Waals surface area contributed by atoms with Gasteiger partial charge in [0.25, 0.3) is 0 Å². The van der Waals surface area contributed by atoms with Gasteiger partial charge in [-0.2, -0.15) is 0 Å². The van der Waals surface area contributed by atoms with E-state index < -0.39 is 31.2 Å². The van der Waals surface area contributed by atoms with Gasteiger partial charge in [0.2, 0.25) is 0 Å². The van der Waals surface area contributed by atoms with Gasteiger partial charge in [0.05, 0.1) is 25.2 Å². The zero-order valence-electron chi connectivity index (χ0n) is 18.0. The molecule has 0 saturated carbocycles. The van der Waals surface area contributed by atoms with Crippen LogP contribution >= 0.6 is 0 Å². The second kappa shape index (κ2) is 19.4. The van der Waals surface area contributed by atoms with Crippen LogP contribution in [0.2, 0.25) is 0 Å². The fourth-order valence-corrected chi connectivity index (χ4v) is 3.02. The zero-order chi connectivity index (χ0) is 20.9. The molecular weight excluding hydrogens is 356 g/mol. The first kappa shape index (κ1) is 27.1. The van der Waals surface area contributed by atoms with E-state index in [1.807, 2.05) is 0 Å². The summed E-state index contributed by atoms with van der Waals surface area (Å²) in [4.78, 5) is 11.6. The van der Waals surface area contributed by atoms with E-state index in [-0.39, 0.29) is 6.61 Å². The predicted octanol–water partition coefficient (Wildman–Crippen LogP) is 4.53. The summed E-state index contributed by atoms with van der Waals surface area (Å²) in [6.45, 7) is 0.757. The topological polar surface area (TPSA) is 87.0 Å². The molecule has 0 aliphatic carbocycles. The van der Waals surface area contributed by atoms with Crippen molar-refractivity contribution < 1.29 is 24.9 Å². The third kappa shape index (κ3) is 15.1. The van der Waals surface area contributed by atoms with Crippen LogP contribution in [0.5, 0.6) is 0 Å². The Morgan fingerprint density at radius 2 is 1.18 bits per heavy atom. The average Bonchev–Trinajstić information content (AvgIpc) is 2.72. The molecule has 0 spiro atoms. The smallest absolute Gasteiger partial charge is 0.330 e. The molecular formula is C23H44O5. The molecule has 3 N–H and O–H groups in total. The highest BCUT2D eigenvalue weighted by molar-refractivity contribution is 5.81. The van der Waals surface area contributed by atoms with Crippen LogP contribution in [-0.2, 0) is 9.53 Å². The fraction of sp³-hybridized carbons (Fsp3) is 0.870. The van der Waals surface area contributed by atoms with Crippen molar-refractivity contribution in [3.05, 3.63) is 12.2 Å². The van der Waals surface area contributed by atoms with Crippen molar-refractivity contribution in [3.8, 4) is 0 Å². The second-order valence-corrected chi connectivity index (χ2v) is 8.02. The van der Waals surface area contributed by atoms with E-state index in [0.29, 0.717) is 0 Å². The summed E-state index contributed by atoms with van der Waals surface area (Å²) in [6, 6.07) is 0.